The van der Waals surface area contributed by atoms with Crippen molar-refractivity contribution >= 4 is 18.7 Å². The molecule has 1 heterocycles. The number of rotatable bonds is 7. The third-order valence-corrected chi connectivity index (χ3v) is 9.94. The van der Waals surface area contributed by atoms with Crippen molar-refractivity contribution in [3.8, 4) is 0 Å². The molecular weight excluding hydrogens is 350 g/mol. The van der Waals surface area contributed by atoms with Gasteiger partial charge in [-0.2, -0.15) is 0 Å². The van der Waals surface area contributed by atoms with Gasteiger partial charge in [-0.25, -0.2) is 0 Å². The highest BCUT2D eigenvalue weighted by Gasteiger charge is 2.49. The van der Waals surface area contributed by atoms with Gasteiger partial charge in [0.15, 0.2) is 0 Å². The highest BCUT2D eigenvalue weighted by Crippen LogP contribution is 2.39. The summed E-state index contributed by atoms with van der Waals surface area (Å²) in [7, 11) is -2.98. The summed E-state index contributed by atoms with van der Waals surface area (Å²) in [6, 6.07) is 25.9. The summed E-state index contributed by atoms with van der Waals surface area (Å²) < 4.78 is 0. The normalized spacial score (nSPS) is 12.1. The summed E-state index contributed by atoms with van der Waals surface area (Å²) >= 11 is 0. The van der Waals surface area contributed by atoms with E-state index < -0.39 is 8.32 Å². The molecule has 0 spiro atoms. The Labute approximate surface area is 162 Å². The minimum atomic E-state index is -2.98. The molecule has 0 radical (unpaired) electrons. The molecule has 0 fully saturated rings. The molecule has 0 aliphatic rings. The molecule has 3 aromatic rings. The van der Waals surface area contributed by atoms with Crippen LogP contribution in [0.5, 0.6) is 0 Å². The van der Waals surface area contributed by atoms with Crippen LogP contribution in [-0.4, -0.2) is 23.2 Å². The van der Waals surface area contributed by atoms with Gasteiger partial charge in [0.25, 0.3) is 8.32 Å². The minimum absolute atomic E-state index is 0.0516. The van der Waals surface area contributed by atoms with Crippen LogP contribution in [0.25, 0.3) is 0 Å². The van der Waals surface area contributed by atoms with Crippen molar-refractivity contribution in [2.75, 3.05) is 0 Å². The maximum Gasteiger partial charge on any atom is 0.258 e. The summed E-state index contributed by atoms with van der Waals surface area (Å²) in [4.78, 5) is 16.6. The zero-order valence-electron chi connectivity index (χ0n) is 16.0. The third kappa shape index (κ3) is 4.03. The van der Waals surface area contributed by atoms with E-state index in [4.69, 9.17) is 0 Å². The van der Waals surface area contributed by atoms with Crippen molar-refractivity contribution in [3.63, 3.8) is 0 Å². The average Bonchev–Trinajstić information content (AvgIpc) is 2.73. The first-order valence-electron chi connectivity index (χ1n) is 9.36. The van der Waals surface area contributed by atoms with E-state index in [0.29, 0.717) is 5.69 Å². The molecule has 0 amide bonds. The van der Waals surface area contributed by atoms with Crippen LogP contribution in [-0.2, 0) is 13.0 Å². The highest BCUT2D eigenvalue weighted by molar-refractivity contribution is 6.98. The number of pyridine rings is 1. The molecule has 0 unspecified atom stereocenters. The summed E-state index contributed by atoms with van der Waals surface area (Å²) in [5.41, 5.74) is 1.64. The summed E-state index contributed by atoms with van der Waals surface area (Å²) in [6.45, 7) is 4.27. The topological polar surface area (TPSA) is 53.4 Å². The quantitative estimate of drug-likeness (QED) is 0.622. The zero-order chi connectivity index (χ0) is 19.3. The molecule has 4 heteroatoms. The van der Waals surface area contributed by atoms with Crippen LogP contribution in [0, 0.1) is 0 Å². The SMILES string of the molecule is CC(C)(CCc1cccc(CO)n1)[Si](O)(c1ccccc1)c1ccccc1. The minimum Gasteiger partial charge on any atom is -0.424 e. The van der Waals surface area contributed by atoms with E-state index in [0.717, 1.165) is 28.9 Å². The number of aryl methyl sites for hydroxylation is 1. The fourth-order valence-corrected chi connectivity index (χ4v) is 7.42. The molecule has 0 aliphatic carbocycles. The van der Waals surface area contributed by atoms with Crippen molar-refractivity contribution in [3.05, 3.63) is 90.3 Å². The predicted octanol–water partition coefficient (Wildman–Crippen LogP) is 3.04. The van der Waals surface area contributed by atoms with Crippen molar-refractivity contribution in [2.24, 2.45) is 0 Å². The Morgan fingerprint density at radius 3 is 1.81 bits per heavy atom. The van der Waals surface area contributed by atoms with Gasteiger partial charge in [-0.3, -0.25) is 4.98 Å². The lowest BCUT2D eigenvalue weighted by molar-refractivity contribution is 0.276. The zero-order valence-corrected chi connectivity index (χ0v) is 17.0. The number of aromatic nitrogens is 1. The molecule has 0 atom stereocenters. The molecule has 0 aliphatic heterocycles. The molecule has 3 nitrogen and oxygen atoms in total. The smallest absolute Gasteiger partial charge is 0.258 e. The second kappa shape index (κ2) is 8.17. The maximum atomic E-state index is 12.1. The first kappa shape index (κ1) is 19.5. The van der Waals surface area contributed by atoms with Crippen LogP contribution in [0.15, 0.2) is 78.9 Å². The molecule has 27 heavy (non-hydrogen) atoms. The Hall–Kier alpha value is -2.27. The van der Waals surface area contributed by atoms with Crippen LogP contribution in [0.1, 0.15) is 31.7 Å². The van der Waals surface area contributed by atoms with Crippen molar-refractivity contribution in [1.82, 2.24) is 4.98 Å². The van der Waals surface area contributed by atoms with E-state index in [-0.39, 0.29) is 11.6 Å². The monoisotopic (exact) mass is 377 g/mol. The highest BCUT2D eigenvalue weighted by atomic mass is 28.4. The lowest BCUT2D eigenvalue weighted by Gasteiger charge is -2.41. The van der Waals surface area contributed by atoms with Gasteiger partial charge in [0.2, 0.25) is 0 Å². The second-order valence-corrected chi connectivity index (χ2v) is 11.5. The molecule has 3 rings (SSSR count). The summed E-state index contributed by atoms with van der Waals surface area (Å²) in [5, 5.41) is 11.1. The van der Waals surface area contributed by atoms with Crippen LogP contribution < -0.4 is 10.4 Å². The maximum absolute atomic E-state index is 12.1. The van der Waals surface area contributed by atoms with E-state index in [9.17, 15) is 9.90 Å². The first-order chi connectivity index (χ1) is 13.0. The van der Waals surface area contributed by atoms with E-state index in [1.54, 1.807) is 0 Å². The Kier molecular flexibility index (Phi) is 5.90. The molecular formula is C23H27NO2Si. The number of benzene rings is 2. The lowest BCUT2D eigenvalue weighted by Crippen LogP contribution is -2.65. The number of aliphatic hydroxyl groups is 1. The van der Waals surface area contributed by atoms with Crippen LogP contribution in [0.3, 0.4) is 0 Å². The Balaban J connectivity index is 1.95. The molecule has 2 N–H and O–H groups in total. The Morgan fingerprint density at radius 1 is 0.778 bits per heavy atom. The average molecular weight is 378 g/mol. The van der Waals surface area contributed by atoms with Crippen LogP contribution >= 0.6 is 0 Å². The molecule has 2 aromatic carbocycles. The Morgan fingerprint density at radius 2 is 1.30 bits per heavy atom. The second-order valence-electron chi connectivity index (χ2n) is 7.60. The van der Waals surface area contributed by atoms with Gasteiger partial charge in [0.05, 0.1) is 12.3 Å². The number of nitrogens with zero attached hydrogens (tertiary/aromatic N) is 1. The van der Waals surface area contributed by atoms with E-state index >= 15 is 0 Å². The fraction of sp³-hybridized carbons (Fsp3) is 0.261. The number of aliphatic hydroxyl groups excluding tert-OH is 1. The van der Waals surface area contributed by atoms with Crippen LogP contribution in [0.2, 0.25) is 5.04 Å². The van der Waals surface area contributed by atoms with E-state index in [2.05, 4.69) is 18.8 Å². The van der Waals surface area contributed by atoms with Gasteiger partial charge in [-0.05, 0) is 40.4 Å². The van der Waals surface area contributed by atoms with Gasteiger partial charge in [0.1, 0.15) is 0 Å². The molecule has 0 saturated heterocycles. The standard InChI is InChI=1S/C23H27NO2Si/c1-23(2,17-16-19-10-9-11-20(18-25)24-19)27(26,21-12-5-3-6-13-21)22-14-7-4-8-15-22/h3-15,25-26H,16-18H2,1-2H3. The summed E-state index contributed by atoms with van der Waals surface area (Å²) in [6.07, 6.45) is 1.57. The van der Waals surface area contributed by atoms with E-state index in [1.165, 1.54) is 0 Å². The molecule has 0 saturated carbocycles. The summed E-state index contributed by atoms with van der Waals surface area (Å²) in [5.74, 6) is 0. The lowest BCUT2D eigenvalue weighted by atomic mass is 10.0. The van der Waals surface area contributed by atoms with Gasteiger partial charge < -0.3 is 9.90 Å². The number of hydrogen-bond donors (Lipinski definition) is 2. The van der Waals surface area contributed by atoms with Gasteiger partial charge >= 0.3 is 0 Å². The molecule has 140 valence electrons. The fourth-order valence-electron chi connectivity index (χ4n) is 3.68. The van der Waals surface area contributed by atoms with Crippen molar-refractivity contribution < 1.29 is 9.90 Å². The van der Waals surface area contributed by atoms with Gasteiger partial charge in [0, 0.05) is 5.69 Å². The van der Waals surface area contributed by atoms with Crippen molar-refractivity contribution in [1.29, 1.82) is 0 Å². The van der Waals surface area contributed by atoms with Crippen LogP contribution in [0.4, 0.5) is 0 Å². The van der Waals surface area contributed by atoms with Crippen molar-refractivity contribution in [2.45, 2.75) is 38.3 Å². The first-order valence-corrected chi connectivity index (χ1v) is 11.3. The predicted molar refractivity (Wildman–Crippen MR) is 113 cm³/mol. The molecule has 1 aromatic heterocycles. The number of hydrogen-bond acceptors (Lipinski definition) is 3. The third-order valence-electron chi connectivity index (χ3n) is 5.40. The van der Waals surface area contributed by atoms with Gasteiger partial charge in [-0.15, -0.1) is 0 Å². The Bertz CT molecular complexity index is 826. The largest absolute Gasteiger partial charge is 0.424 e. The molecule has 0 bridgehead atoms. The van der Waals surface area contributed by atoms with E-state index in [1.807, 2.05) is 78.9 Å². The van der Waals surface area contributed by atoms with Gasteiger partial charge in [-0.1, -0.05) is 80.6 Å².